The number of nitrogens with zero attached hydrogens (tertiary/aromatic N) is 2. The lowest BCUT2D eigenvalue weighted by Gasteiger charge is -2.24. The van der Waals surface area contributed by atoms with Crippen LogP contribution in [-0.4, -0.2) is 49.4 Å². The largest absolute Gasteiger partial charge is 0.333 e. The molecule has 0 spiro atoms. The first-order valence-corrected chi connectivity index (χ1v) is 8.48. The third kappa shape index (κ3) is 4.21. The van der Waals surface area contributed by atoms with E-state index in [4.69, 9.17) is 11.6 Å². The van der Waals surface area contributed by atoms with Crippen LogP contribution in [0, 0.1) is 5.92 Å². The Labute approximate surface area is 153 Å². The highest BCUT2D eigenvalue weighted by Gasteiger charge is 2.37. The van der Waals surface area contributed by atoms with Crippen molar-refractivity contribution in [2.75, 3.05) is 31.6 Å². The Bertz CT molecular complexity index is 607. The molecule has 2 fully saturated rings. The van der Waals surface area contributed by atoms with Crippen LogP contribution in [-0.2, 0) is 9.59 Å². The second-order valence-corrected chi connectivity index (χ2v) is 6.73. The molecule has 2 amide bonds. The topological polar surface area (TPSA) is 52.7 Å². The molecule has 1 unspecified atom stereocenters. The maximum Gasteiger partial charge on any atom is 0.249 e. The Balaban J connectivity index is 0.00000208. The first-order valence-electron chi connectivity index (χ1n) is 8.10. The molecule has 24 heavy (non-hydrogen) atoms. The van der Waals surface area contributed by atoms with E-state index in [2.05, 4.69) is 5.32 Å². The summed E-state index contributed by atoms with van der Waals surface area (Å²) in [6.07, 6.45) is 3.14. The number of rotatable bonds is 6. The molecule has 1 atom stereocenters. The molecule has 0 radical (unpaired) electrons. The zero-order valence-electron chi connectivity index (χ0n) is 13.7. The third-order valence-corrected chi connectivity index (χ3v) is 4.91. The molecule has 0 bridgehead atoms. The zero-order valence-corrected chi connectivity index (χ0v) is 15.3. The highest BCUT2D eigenvalue weighted by molar-refractivity contribution is 6.34. The lowest BCUT2D eigenvalue weighted by Crippen LogP contribution is -2.46. The van der Waals surface area contributed by atoms with Crippen LogP contribution in [0.15, 0.2) is 24.3 Å². The summed E-state index contributed by atoms with van der Waals surface area (Å²) in [6, 6.07) is 6.90. The summed E-state index contributed by atoms with van der Waals surface area (Å²) >= 11 is 6.18. The van der Waals surface area contributed by atoms with Gasteiger partial charge in [-0.15, -0.1) is 12.4 Å². The van der Waals surface area contributed by atoms with Crippen molar-refractivity contribution in [3.05, 3.63) is 29.3 Å². The van der Waals surface area contributed by atoms with E-state index in [9.17, 15) is 9.59 Å². The summed E-state index contributed by atoms with van der Waals surface area (Å²) in [5, 5.41) is 3.74. The summed E-state index contributed by atoms with van der Waals surface area (Å²) in [5.41, 5.74) is 0.717. The number of carbonyl (C=O) groups excluding carboxylic acids is 2. The number of halogens is 2. The monoisotopic (exact) mass is 371 g/mol. The minimum absolute atomic E-state index is 0. The van der Waals surface area contributed by atoms with Crippen LogP contribution in [0.5, 0.6) is 0 Å². The smallest absolute Gasteiger partial charge is 0.249 e. The van der Waals surface area contributed by atoms with Gasteiger partial charge < -0.3 is 15.1 Å². The molecule has 1 saturated heterocycles. The molecule has 1 aromatic carbocycles. The quantitative estimate of drug-likeness (QED) is 0.834. The van der Waals surface area contributed by atoms with Crippen LogP contribution in [0.4, 0.5) is 5.69 Å². The van der Waals surface area contributed by atoms with Gasteiger partial charge in [0.05, 0.1) is 17.3 Å². The number of hydrogen-bond acceptors (Lipinski definition) is 3. The van der Waals surface area contributed by atoms with Gasteiger partial charge in [-0.3, -0.25) is 9.59 Å². The van der Waals surface area contributed by atoms with Gasteiger partial charge in [-0.1, -0.05) is 23.7 Å². The number of anilines is 1. The van der Waals surface area contributed by atoms with Gasteiger partial charge in [0, 0.05) is 13.6 Å². The lowest BCUT2D eigenvalue weighted by atomic mass is 10.2. The fourth-order valence-electron chi connectivity index (χ4n) is 2.94. The number of benzene rings is 1. The third-order valence-electron chi connectivity index (χ3n) is 4.59. The molecule has 0 aromatic heterocycles. The molecule has 7 heteroatoms. The average molecular weight is 372 g/mol. The van der Waals surface area contributed by atoms with Crippen LogP contribution in [0.3, 0.4) is 0 Å². The van der Waals surface area contributed by atoms with Crippen molar-refractivity contribution in [3.8, 4) is 0 Å². The van der Waals surface area contributed by atoms with E-state index in [1.807, 2.05) is 18.2 Å². The Morgan fingerprint density at radius 3 is 2.71 bits per heavy atom. The van der Waals surface area contributed by atoms with Gasteiger partial charge in [-0.25, -0.2) is 0 Å². The molecular formula is C17H23Cl2N3O2. The van der Waals surface area contributed by atoms with Crippen LogP contribution in [0.1, 0.15) is 19.3 Å². The van der Waals surface area contributed by atoms with E-state index in [-0.39, 0.29) is 24.2 Å². The SMILES string of the molecule is CN(C(=O)CNCC1CC1)C1CCN(c2ccccc2Cl)C1=O.Cl. The van der Waals surface area contributed by atoms with Crippen LogP contribution < -0.4 is 10.2 Å². The van der Waals surface area contributed by atoms with Crippen molar-refractivity contribution < 1.29 is 9.59 Å². The van der Waals surface area contributed by atoms with E-state index in [0.29, 0.717) is 24.5 Å². The minimum Gasteiger partial charge on any atom is -0.333 e. The molecule has 1 heterocycles. The molecule has 3 rings (SSSR count). The van der Waals surface area contributed by atoms with E-state index in [1.165, 1.54) is 12.8 Å². The van der Waals surface area contributed by atoms with Crippen molar-refractivity contribution in [1.29, 1.82) is 0 Å². The maximum absolute atomic E-state index is 12.6. The van der Waals surface area contributed by atoms with Gasteiger partial charge in [0.1, 0.15) is 6.04 Å². The van der Waals surface area contributed by atoms with Crippen molar-refractivity contribution in [1.82, 2.24) is 10.2 Å². The van der Waals surface area contributed by atoms with Gasteiger partial charge >= 0.3 is 0 Å². The molecule has 1 aromatic rings. The molecule has 132 valence electrons. The molecule has 1 aliphatic carbocycles. The van der Waals surface area contributed by atoms with E-state index < -0.39 is 6.04 Å². The number of nitrogens with one attached hydrogen (secondary N) is 1. The zero-order chi connectivity index (χ0) is 16.4. The number of para-hydroxylation sites is 1. The van der Waals surface area contributed by atoms with Crippen molar-refractivity contribution in [3.63, 3.8) is 0 Å². The molecule has 1 N–H and O–H groups in total. The van der Waals surface area contributed by atoms with Crippen molar-refractivity contribution >= 4 is 41.5 Å². The highest BCUT2D eigenvalue weighted by Crippen LogP contribution is 2.30. The Kier molecular flexibility index (Phi) is 6.49. The Morgan fingerprint density at radius 1 is 1.33 bits per heavy atom. The number of carbonyl (C=O) groups is 2. The Hall–Kier alpha value is -1.30. The van der Waals surface area contributed by atoms with Crippen LogP contribution in [0.25, 0.3) is 0 Å². The van der Waals surface area contributed by atoms with Gasteiger partial charge in [-0.05, 0) is 43.9 Å². The highest BCUT2D eigenvalue weighted by atomic mass is 35.5. The van der Waals surface area contributed by atoms with Gasteiger partial charge in [-0.2, -0.15) is 0 Å². The fourth-order valence-corrected chi connectivity index (χ4v) is 3.18. The number of amides is 2. The predicted molar refractivity (Wildman–Crippen MR) is 97.8 cm³/mol. The van der Waals surface area contributed by atoms with Gasteiger partial charge in [0.2, 0.25) is 11.8 Å². The van der Waals surface area contributed by atoms with E-state index in [1.54, 1.807) is 22.9 Å². The average Bonchev–Trinajstić information content (AvgIpc) is 3.29. The summed E-state index contributed by atoms with van der Waals surface area (Å²) < 4.78 is 0. The van der Waals surface area contributed by atoms with E-state index >= 15 is 0 Å². The second-order valence-electron chi connectivity index (χ2n) is 6.32. The lowest BCUT2D eigenvalue weighted by molar-refractivity contribution is -0.135. The standard InChI is InChI=1S/C17H22ClN3O2.ClH/c1-20(16(22)11-19-10-12-6-7-12)15-8-9-21(17(15)23)14-5-3-2-4-13(14)18;/h2-5,12,15,19H,6-11H2,1H3;1H. The summed E-state index contributed by atoms with van der Waals surface area (Å²) in [5.74, 6) is 0.637. The maximum atomic E-state index is 12.6. The fraction of sp³-hybridized carbons (Fsp3) is 0.529. The first-order chi connectivity index (χ1) is 11.1. The first kappa shape index (κ1) is 19.0. The predicted octanol–water partition coefficient (Wildman–Crippen LogP) is 2.33. The second kappa shape index (κ2) is 8.19. The van der Waals surface area contributed by atoms with Gasteiger partial charge in [0.25, 0.3) is 0 Å². The normalized spacial score (nSPS) is 20.0. The van der Waals surface area contributed by atoms with Crippen molar-refractivity contribution in [2.45, 2.75) is 25.3 Å². The molecule has 1 aliphatic heterocycles. The number of likely N-dealkylation sites (N-methyl/N-ethyl adjacent to an activating group) is 1. The Morgan fingerprint density at radius 2 is 2.04 bits per heavy atom. The number of hydrogen-bond donors (Lipinski definition) is 1. The van der Waals surface area contributed by atoms with Crippen LogP contribution >= 0.6 is 24.0 Å². The van der Waals surface area contributed by atoms with E-state index in [0.717, 1.165) is 18.2 Å². The molecule has 5 nitrogen and oxygen atoms in total. The minimum atomic E-state index is -0.401. The van der Waals surface area contributed by atoms with Crippen LogP contribution in [0.2, 0.25) is 5.02 Å². The van der Waals surface area contributed by atoms with Crippen molar-refractivity contribution in [2.24, 2.45) is 5.92 Å². The molecular weight excluding hydrogens is 349 g/mol. The summed E-state index contributed by atoms with van der Waals surface area (Å²) in [4.78, 5) is 28.1. The molecule has 2 aliphatic rings. The summed E-state index contributed by atoms with van der Waals surface area (Å²) in [7, 11) is 1.71. The molecule has 1 saturated carbocycles. The van der Waals surface area contributed by atoms with Gasteiger partial charge in [0.15, 0.2) is 0 Å². The summed E-state index contributed by atoms with van der Waals surface area (Å²) in [6.45, 7) is 1.77.